The van der Waals surface area contributed by atoms with Crippen LogP contribution < -0.4 is 5.32 Å². The van der Waals surface area contributed by atoms with E-state index in [0.29, 0.717) is 0 Å². The van der Waals surface area contributed by atoms with Gasteiger partial charge in [0.25, 0.3) is 0 Å². The monoisotopic (exact) mass is 163 g/mol. The first-order chi connectivity index (χ1) is 5.79. The highest BCUT2D eigenvalue weighted by Crippen LogP contribution is 2.26. The second-order valence-corrected chi connectivity index (χ2v) is 3.30. The SMILES string of the molecule is CC(O)C1NCc2ccccc21. The van der Waals surface area contributed by atoms with Gasteiger partial charge in [-0.15, -0.1) is 0 Å². The second-order valence-electron chi connectivity index (χ2n) is 3.30. The molecule has 12 heavy (non-hydrogen) atoms. The smallest absolute Gasteiger partial charge is 0.0707 e. The summed E-state index contributed by atoms with van der Waals surface area (Å²) in [6.07, 6.45) is -0.311. The van der Waals surface area contributed by atoms with Crippen LogP contribution >= 0.6 is 0 Å². The van der Waals surface area contributed by atoms with E-state index in [0.717, 1.165) is 6.54 Å². The molecule has 0 bridgehead atoms. The Balaban J connectivity index is 2.36. The van der Waals surface area contributed by atoms with E-state index in [4.69, 9.17) is 0 Å². The summed E-state index contributed by atoms with van der Waals surface area (Å²) in [7, 11) is 0. The van der Waals surface area contributed by atoms with E-state index >= 15 is 0 Å². The minimum Gasteiger partial charge on any atom is -0.391 e. The van der Waals surface area contributed by atoms with E-state index in [2.05, 4.69) is 17.4 Å². The minimum absolute atomic E-state index is 0.126. The van der Waals surface area contributed by atoms with Gasteiger partial charge in [0.05, 0.1) is 12.1 Å². The zero-order chi connectivity index (χ0) is 8.55. The molecule has 2 N–H and O–H groups in total. The zero-order valence-corrected chi connectivity index (χ0v) is 7.12. The molecule has 1 heterocycles. The first-order valence-corrected chi connectivity index (χ1v) is 4.28. The third-order valence-electron chi connectivity index (χ3n) is 2.38. The number of aliphatic hydroxyl groups excluding tert-OH is 1. The molecule has 0 radical (unpaired) electrons. The van der Waals surface area contributed by atoms with Crippen LogP contribution in [0.2, 0.25) is 0 Å². The summed E-state index contributed by atoms with van der Waals surface area (Å²) in [4.78, 5) is 0. The van der Waals surface area contributed by atoms with E-state index in [1.54, 1.807) is 0 Å². The summed E-state index contributed by atoms with van der Waals surface area (Å²) < 4.78 is 0. The summed E-state index contributed by atoms with van der Waals surface area (Å²) in [5, 5.41) is 12.7. The molecule has 0 fully saturated rings. The standard InChI is InChI=1S/C10H13NO/c1-7(12)10-9-5-3-2-4-8(9)6-11-10/h2-5,7,10-12H,6H2,1H3. The van der Waals surface area contributed by atoms with E-state index in [1.807, 2.05) is 19.1 Å². The van der Waals surface area contributed by atoms with Gasteiger partial charge in [-0.1, -0.05) is 24.3 Å². The zero-order valence-electron chi connectivity index (χ0n) is 7.12. The highest BCUT2D eigenvalue weighted by atomic mass is 16.3. The molecule has 1 aromatic rings. The number of rotatable bonds is 1. The maximum absolute atomic E-state index is 9.44. The number of hydrogen-bond acceptors (Lipinski definition) is 2. The highest BCUT2D eigenvalue weighted by Gasteiger charge is 2.24. The number of nitrogens with one attached hydrogen (secondary N) is 1. The molecule has 0 saturated carbocycles. The van der Waals surface area contributed by atoms with Crippen molar-refractivity contribution in [2.75, 3.05) is 0 Å². The van der Waals surface area contributed by atoms with Gasteiger partial charge in [0.2, 0.25) is 0 Å². The molecular weight excluding hydrogens is 150 g/mol. The van der Waals surface area contributed by atoms with Crippen LogP contribution in [0.25, 0.3) is 0 Å². The van der Waals surface area contributed by atoms with Gasteiger partial charge in [0, 0.05) is 6.54 Å². The third-order valence-corrected chi connectivity index (χ3v) is 2.38. The van der Waals surface area contributed by atoms with Crippen molar-refractivity contribution in [1.29, 1.82) is 0 Å². The average molecular weight is 163 g/mol. The van der Waals surface area contributed by atoms with Gasteiger partial charge >= 0.3 is 0 Å². The quantitative estimate of drug-likeness (QED) is 0.652. The highest BCUT2D eigenvalue weighted by molar-refractivity contribution is 5.34. The first kappa shape index (κ1) is 7.77. The summed E-state index contributed by atoms with van der Waals surface area (Å²) in [5.74, 6) is 0. The van der Waals surface area contributed by atoms with E-state index in [1.165, 1.54) is 11.1 Å². The van der Waals surface area contributed by atoms with Crippen molar-refractivity contribution >= 4 is 0 Å². The summed E-state index contributed by atoms with van der Waals surface area (Å²) in [5.41, 5.74) is 2.55. The molecule has 0 saturated heterocycles. The third kappa shape index (κ3) is 1.13. The van der Waals surface area contributed by atoms with Gasteiger partial charge in [-0.05, 0) is 18.1 Å². The van der Waals surface area contributed by atoms with Crippen LogP contribution in [0, 0.1) is 0 Å². The Labute approximate surface area is 72.2 Å². The predicted molar refractivity (Wildman–Crippen MR) is 47.7 cm³/mol. The van der Waals surface area contributed by atoms with Gasteiger partial charge in [-0.2, -0.15) is 0 Å². The van der Waals surface area contributed by atoms with E-state index < -0.39 is 0 Å². The van der Waals surface area contributed by atoms with Gasteiger partial charge in [-0.3, -0.25) is 0 Å². The summed E-state index contributed by atoms with van der Waals surface area (Å²) in [6.45, 7) is 2.70. The number of hydrogen-bond donors (Lipinski definition) is 2. The predicted octanol–water partition coefficient (Wildman–Crippen LogP) is 1.21. The van der Waals surface area contributed by atoms with Crippen molar-refractivity contribution < 1.29 is 5.11 Å². The molecule has 2 atom stereocenters. The molecule has 0 amide bonds. The van der Waals surface area contributed by atoms with Crippen molar-refractivity contribution in [3.8, 4) is 0 Å². The Morgan fingerprint density at radius 2 is 2.25 bits per heavy atom. The van der Waals surface area contributed by atoms with Crippen LogP contribution in [-0.4, -0.2) is 11.2 Å². The molecule has 1 aliphatic rings. The molecular formula is C10H13NO. The van der Waals surface area contributed by atoms with Gasteiger partial charge in [0.15, 0.2) is 0 Å². The van der Waals surface area contributed by atoms with Crippen LogP contribution in [0.1, 0.15) is 24.1 Å². The summed E-state index contributed by atoms with van der Waals surface area (Å²) in [6, 6.07) is 8.35. The topological polar surface area (TPSA) is 32.3 Å². The number of aliphatic hydroxyl groups is 1. The Kier molecular flexibility index (Phi) is 1.87. The molecule has 2 unspecified atom stereocenters. The Bertz CT molecular complexity index is 283. The molecule has 1 aliphatic heterocycles. The fourth-order valence-corrected chi connectivity index (χ4v) is 1.76. The van der Waals surface area contributed by atoms with Crippen molar-refractivity contribution in [3.63, 3.8) is 0 Å². The number of benzene rings is 1. The van der Waals surface area contributed by atoms with Crippen molar-refractivity contribution in [2.45, 2.75) is 25.6 Å². The van der Waals surface area contributed by atoms with Crippen molar-refractivity contribution in [2.24, 2.45) is 0 Å². The van der Waals surface area contributed by atoms with E-state index in [-0.39, 0.29) is 12.1 Å². The summed E-state index contributed by atoms with van der Waals surface area (Å²) >= 11 is 0. The lowest BCUT2D eigenvalue weighted by Gasteiger charge is -2.14. The molecule has 0 spiro atoms. The largest absolute Gasteiger partial charge is 0.391 e. The minimum atomic E-state index is -0.311. The van der Waals surface area contributed by atoms with Gasteiger partial charge < -0.3 is 10.4 Å². The molecule has 1 aromatic carbocycles. The molecule has 2 rings (SSSR count). The molecule has 2 heteroatoms. The first-order valence-electron chi connectivity index (χ1n) is 4.28. The Morgan fingerprint density at radius 3 is 3.00 bits per heavy atom. The fraction of sp³-hybridized carbons (Fsp3) is 0.400. The van der Waals surface area contributed by atoms with Crippen LogP contribution in [0.15, 0.2) is 24.3 Å². The molecule has 2 nitrogen and oxygen atoms in total. The lowest BCUT2D eigenvalue weighted by molar-refractivity contribution is 0.151. The maximum Gasteiger partial charge on any atom is 0.0707 e. The maximum atomic E-state index is 9.44. The van der Waals surface area contributed by atoms with Gasteiger partial charge in [0.1, 0.15) is 0 Å². The molecule has 0 aromatic heterocycles. The fourth-order valence-electron chi connectivity index (χ4n) is 1.76. The second kappa shape index (κ2) is 2.88. The van der Waals surface area contributed by atoms with Crippen LogP contribution in [0.4, 0.5) is 0 Å². The van der Waals surface area contributed by atoms with Crippen LogP contribution in [-0.2, 0) is 6.54 Å². The lowest BCUT2D eigenvalue weighted by Crippen LogP contribution is -2.23. The lowest BCUT2D eigenvalue weighted by atomic mass is 10.0. The van der Waals surface area contributed by atoms with Crippen molar-refractivity contribution in [1.82, 2.24) is 5.32 Å². The van der Waals surface area contributed by atoms with E-state index in [9.17, 15) is 5.11 Å². The Morgan fingerprint density at radius 1 is 1.50 bits per heavy atom. The Hall–Kier alpha value is -0.860. The average Bonchev–Trinajstić information content (AvgIpc) is 2.47. The van der Waals surface area contributed by atoms with Crippen LogP contribution in [0.3, 0.4) is 0 Å². The normalized spacial score (nSPS) is 23.7. The molecule has 64 valence electrons. The van der Waals surface area contributed by atoms with Gasteiger partial charge in [-0.25, -0.2) is 0 Å². The number of fused-ring (bicyclic) bond motifs is 1. The molecule has 0 aliphatic carbocycles. The van der Waals surface area contributed by atoms with Crippen LogP contribution in [0.5, 0.6) is 0 Å². The van der Waals surface area contributed by atoms with Crippen molar-refractivity contribution in [3.05, 3.63) is 35.4 Å².